The molecule has 0 saturated heterocycles. The van der Waals surface area contributed by atoms with Gasteiger partial charge in [0.1, 0.15) is 0 Å². The highest BCUT2D eigenvalue weighted by Gasteiger charge is 2.23. The molecular weight excluding hydrogens is 272 g/mol. The van der Waals surface area contributed by atoms with Crippen LogP contribution in [-0.4, -0.2) is 11.6 Å². The van der Waals surface area contributed by atoms with Crippen molar-refractivity contribution >= 4 is 11.6 Å². The highest BCUT2D eigenvalue weighted by atomic mass is 16.2. The van der Waals surface area contributed by atoms with E-state index in [1.54, 1.807) is 0 Å². The molecule has 0 radical (unpaired) electrons. The second kappa shape index (κ2) is 6.64. The minimum absolute atomic E-state index is 0.0994. The molecule has 2 rings (SSSR count). The fourth-order valence-corrected chi connectivity index (χ4v) is 3.03. The van der Waals surface area contributed by atoms with Crippen molar-refractivity contribution in [1.82, 2.24) is 5.43 Å². The van der Waals surface area contributed by atoms with E-state index in [0.717, 1.165) is 5.71 Å². The molecule has 0 heterocycles. The summed E-state index contributed by atoms with van der Waals surface area (Å²) in [7, 11) is 0. The van der Waals surface area contributed by atoms with Gasteiger partial charge >= 0.3 is 0 Å². The first kappa shape index (κ1) is 16.7. The number of nitrogens with zero attached hydrogens (tertiary/aromatic N) is 1. The lowest BCUT2D eigenvalue weighted by Crippen LogP contribution is -2.29. The van der Waals surface area contributed by atoms with Gasteiger partial charge in [-0.3, -0.25) is 4.79 Å². The molecule has 22 heavy (non-hydrogen) atoms. The molecule has 1 amide bonds. The van der Waals surface area contributed by atoms with Gasteiger partial charge in [-0.2, -0.15) is 5.10 Å². The molecule has 0 unspecified atom stereocenters. The van der Waals surface area contributed by atoms with Crippen molar-refractivity contribution in [3.8, 4) is 0 Å². The first-order chi connectivity index (χ1) is 10.3. The van der Waals surface area contributed by atoms with E-state index in [1.165, 1.54) is 24.8 Å². The third kappa shape index (κ3) is 3.96. The van der Waals surface area contributed by atoms with Crippen molar-refractivity contribution in [1.29, 1.82) is 0 Å². The number of amides is 1. The zero-order valence-corrected chi connectivity index (χ0v) is 14.4. The molecule has 3 heteroatoms. The van der Waals surface area contributed by atoms with Crippen LogP contribution in [0, 0.1) is 11.8 Å². The van der Waals surface area contributed by atoms with Crippen LogP contribution in [0.1, 0.15) is 69.8 Å². The van der Waals surface area contributed by atoms with Gasteiger partial charge in [-0.15, -0.1) is 0 Å². The van der Waals surface area contributed by atoms with Crippen LogP contribution in [0.15, 0.2) is 29.4 Å². The molecule has 1 aromatic rings. The maximum Gasteiger partial charge on any atom is 0.271 e. The summed E-state index contributed by atoms with van der Waals surface area (Å²) in [5, 5.41) is 4.41. The highest BCUT2D eigenvalue weighted by Crippen LogP contribution is 2.26. The first-order valence-corrected chi connectivity index (χ1v) is 8.27. The van der Waals surface area contributed by atoms with E-state index in [4.69, 9.17) is 0 Å². The van der Waals surface area contributed by atoms with Gasteiger partial charge in [-0.1, -0.05) is 53.2 Å². The second-order valence-corrected chi connectivity index (χ2v) is 7.54. The summed E-state index contributed by atoms with van der Waals surface area (Å²) in [5.74, 6) is 0.803. The van der Waals surface area contributed by atoms with Crippen LogP contribution < -0.4 is 5.43 Å². The van der Waals surface area contributed by atoms with Gasteiger partial charge in [0.15, 0.2) is 0 Å². The minimum Gasteiger partial charge on any atom is -0.267 e. The van der Waals surface area contributed by atoms with Crippen LogP contribution in [0.4, 0.5) is 0 Å². The Balaban J connectivity index is 2.06. The summed E-state index contributed by atoms with van der Waals surface area (Å²) in [6, 6.07) is 7.80. The third-order valence-electron chi connectivity index (χ3n) is 4.58. The summed E-state index contributed by atoms with van der Waals surface area (Å²) in [6.07, 6.45) is 3.59. The minimum atomic E-state index is -0.127. The third-order valence-corrected chi connectivity index (χ3v) is 4.58. The molecule has 0 aliphatic heterocycles. The Hall–Kier alpha value is -1.64. The fraction of sp³-hybridized carbons (Fsp3) is 0.579. The number of benzene rings is 1. The molecule has 1 N–H and O–H groups in total. The number of hydrazone groups is 1. The zero-order valence-electron chi connectivity index (χ0n) is 14.4. The number of hydrogen-bond acceptors (Lipinski definition) is 2. The number of hydrogen-bond donors (Lipinski definition) is 1. The Kier molecular flexibility index (Phi) is 5.05. The smallest absolute Gasteiger partial charge is 0.267 e. The number of nitrogens with one attached hydrogen (secondary N) is 1. The molecule has 1 saturated carbocycles. The highest BCUT2D eigenvalue weighted by molar-refractivity contribution is 5.96. The van der Waals surface area contributed by atoms with Crippen molar-refractivity contribution in [3.05, 3.63) is 35.4 Å². The van der Waals surface area contributed by atoms with Gasteiger partial charge in [0.2, 0.25) is 0 Å². The van der Waals surface area contributed by atoms with Crippen LogP contribution in [0.25, 0.3) is 0 Å². The molecule has 0 aromatic heterocycles. The molecule has 1 aromatic carbocycles. The fourth-order valence-electron chi connectivity index (χ4n) is 3.03. The zero-order chi connectivity index (χ0) is 16.3. The Morgan fingerprint density at radius 1 is 1.09 bits per heavy atom. The molecule has 1 aliphatic rings. The number of carbonyl (C=O) groups is 1. The molecular formula is C19H28N2O. The number of rotatable bonds is 2. The predicted octanol–water partition coefficient (Wildman–Crippen LogP) is 4.53. The molecule has 0 spiro atoms. The Bertz CT molecular complexity index is 540. The van der Waals surface area contributed by atoms with Gasteiger partial charge in [0.05, 0.1) is 0 Å². The lowest BCUT2D eigenvalue weighted by Gasteiger charge is -2.26. The van der Waals surface area contributed by atoms with Gasteiger partial charge in [-0.25, -0.2) is 5.43 Å². The molecule has 1 fully saturated rings. The monoisotopic (exact) mass is 300 g/mol. The average Bonchev–Trinajstić information content (AvgIpc) is 2.46. The largest absolute Gasteiger partial charge is 0.271 e. The Labute approximate surface area is 134 Å². The van der Waals surface area contributed by atoms with Crippen LogP contribution >= 0.6 is 0 Å². The van der Waals surface area contributed by atoms with Crippen molar-refractivity contribution in [2.75, 3.05) is 0 Å². The topological polar surface area (TPSA) is 41.5 Å². The quantitative estimate of drug-likeness (QED) is 0.801. The molecule has 120 valence electrons. The van der Waals surface area contributed by atoms with Crippen molar-refractivity contribution in [2.24, 2.45) is 16.9 Å². The number of carbonyl (C=O) groups excluding carboxylic acids is 1. The SMILES string of the molecule is C[C@@H]1CCC[C@@H](C)C1=NNC(=O)c1ccc(C(C)(C)C)cc1. The van der Waals surface area contributed by atoms with E-state index in [-0.39, 0.29) is 11.3 Å². The maximum absolute atomic E-state index is 12.2. The predicted molar refractivity (Wildman–Crippen MR) is 92.2 cm³/mol. The van der Waals surface area contributed by atoms with Crippen molar-refractivity contribution < 1.29 is 4.79 Å². The van der Waals surface area contributed by atoms with Crippen LogP contribution in [0.3, 0.4) is 0 Å². The van der Waals surface area contributed by atoms with E-state index >= 15 is 0 Å². The molecule has 2 atom stereocenters. The van der Waals surface area contributed by atoms with Crippen LogP contribution in [0.2, 0.25) is 0 Å². The summed E-state index contributed by atoms with van der Waals surface area (Å²) in [4.78, 5) is 12.2. The van der Waals surface area contributed by atoms with Gasteiger partial charge in [-0.05, 0) is 47.8 Å². The van der Waals surface area contributed by atoms with Gasteiger partial charge in [0, 0.05) is 11.3 Å². The normalized spacial score (nSPS) is 22.3. The Morgan fingerprint density at radius 2 is 1.64 bits per heavy atom. The van der Waals surface area contributed by atoms with E-state index in [9.17, 15) is 4.79 Å². The summed E-state index contributed by atoms with van der Waals surface area (Å²) in [6.45, 7) is 10.9. The van der Waals surface area contributed by atoms with E-state index in [0.29, 0.717) is 17.4 Å². The summed E-state index contributed by atoms with van der Waals surface area (Å²) < 4.78 is 0. The van der Waals surface area contributed by atoms with Gasteiger partial charge < -0.3 is 0 Å². The van der Waals surface area contributed by atoms with Crippen LogP contribution in [0.5, 0.6) is 0 Å². The summed E-state index contributed by atoms with van der Waals surface area (Å²) in [5.41, 5.74) is 5.85. The van der Waals surface area contributed by atoms with Crippen LogP contribution in [-0.2, 0) is 5.41 Å². The average molecular weight is 300 g/mol. The molecule has 1 aliphatic carbocycles. The lowest BCUT2D eigenvalue weighted by atomic mass is 9.81. The van der Waals surface area contributed by atoms with E-state index < -0.39 is 0 Å². The standard InChI is InChI=1S/C19H28N2O/c1-13-7-6-8-14(2)17(13)20-21-18(22)15-9-11-16(12-10-15)19(3,4)5/h9-14H,6-8H2,1-5H3,(H,21,22)/t13-,14-/m1/s1. The van der Waals surface area contributed by atoms with Crippen molar-refractivity contribution in [2.45, 2.75) is 59.3 Å². The Morgan fingerprint density at radius 3 is 2.14 bits per heavy atom. The van der Waals surface area contributed by atoms with E-state index in [2.05, 4.69) is 45.1 Å². The maximum atomic E-state index is 12.2. The second-order valence-electron chi connectivity index (χ2n) is 7.54. The summed E-state index contributed by atoms with van der Waals surface area (Å²) >= 11 is 0. The van der Waals surface area contributed by atoms with Crippen molar-refractivity contribution in [3.63, 3.8) is 0 Å². The molecule has 3 nitrogen and oxygen atoms in total. The lowest BCUT2D eigenvalue weighted by molar-refractivity contribution is 0.0954. The first-order valence-electron chi connectivity index (χ1n) is 8.27. The molecule has 0 bridgehead atoms. The van der Waals surface area contributed by atoms with Gasteiger partial charge in [0.25, 0.3) is 5.91 Å². The van der Waals surface area contributed by atoms with E-state index in [1.807, 2.05) is 24.3 Å².